The summed E-state index contributed by atoms with van der Waals surface area (Å²) in [4.78, 5) is 33.8. The van der Waals surface area contributed by atoms with E-state index in [1.807, 2.05) is 75.1 Å². The molecule has 1 saturated carbocycles. The highest BCUT2D eigenvalue weighted by molar-refractivity contribution is 5.79. The van der Waals surface area contributed by atoms with E-state index in [0.717, 1.165) is 23.2 Å². The standard InChI is InChI=1S/C28H35N3O2/c1-5-30(26(32)17-16-22-10-6-7-11-22)21(4)27-29-24-13-9-8-12-23(24)28(33)31(27)25-18-19(2)14-15-20(25)3/h8-9,12-15,18,21-22H,5-7,10-11,16-17H2,1-4H3. The van der Waals surface area contributed by atoms with Gasteiger partial charge in [0.05, 0.1) is 22.6 Å². The van der Waals surface area contributed by atoms with Crippen LogP contribution < -0.4 is 5.56 Å². The number of aryl methyl sites for hydroxylation is 2. The van der Waals surface area contributed by atoms with Crippen molar-refractivity contribution in [2.24, 2.45) is 5.92 Å². The molecule has 3 aromatic rings. The largest absolute Gasteiger partial charge is 0.333 e. The summed E-state index contributed by atoms with van der Waals surface area (Å²) in [6.07, 6.45) is 6.58. The zero-order valence-corrected chi connectivity index (χ0v) is 20.3. The SMILES string of the molecule is CCN(C(=O)CCC1CCCC1)C(C)c1nc2ccccc2c(=O)n1-c1cc(C)ccc1C. The van der Waals surface area contributed by atoms with E-state index in [-0.39, 0.29) is 17.5 Å². The first kappa shape index (κ1) is 23.2. The molecule has 0 aliphatic heterocycles. The van der Waals surface area contributed by atoms with Crippen molar-refractivity contribution >= 4 is 16.8 Å². The van der Waals surface area contributed by atoms with Crippen molar-refractivity contribution in [2.45, 2.75) is 72.3 Å². The summed E-state index contributed by atoms with van der Waals surface area (Å²) >= 11 is 0. The molecular formula is C28H35N3O2. The third kappa shape index (κ3) is 4.73. The monoisotopic (exact) mass is 445 g/mol. The first-order chi connectivity index (χ1) is 15.9. The second-order valence-electron chi connectivity index (χ2n) is 9.46. The van der Waals surface area contributed by atoms with Gasteiger partial charge in [-0.1, -0.05) is 49.9 Å². The van der Waals surface area contributed by atoms with E-state index in [1.165, 1.54) is 25.7 Å². The lowest BCUT2D eigenvalue weighted by Gasteiger charge is -2.30. The normalized spacial score (nSPS) is 15.2. The molecule has 1 amide bonds. The molecule has 2 aromatic carbocycles. The molecule has 0 radical (unpaired) electrons. The molecule has 1 heterocycles. The minimum atomic E-state index is -0.316. The fourth-order valence-electron chi connectivity index (χ4n) is 5.20. The Hall–Kier alpha value is -2.95. The number of para-hydroxylation sites is 1. The van der Waals surface area contributed by atoms with Gasteiger partial charge < -0.3 is 4.90 Å². The molecule has 5 nitrogen and oxygen atoms in total. The van der Waals surface area contributed by atoms with Crippen LogP contribution in [0.3, 0.4) is 0 Å². The molecule has 1 aromatic heterocycles. The van der Waals surface area contributed by atoms with Crippen LogP contribution in [0.15, 0.2) is 47.3 Å². The topological polar surface area (TPSA) is 55.2 Å². The molecule has 1 fully saturated rings. The van der Waals surface area contributed by atoms with Gasteiger partial charge in [0.2, 0.25) is 5.91 Å². The fraction of sp³-hybridized carbons (Fsp3) is 0.464. The van der Waals surface area contributed by atoms with Crippen LogP contribution in [0.4, 0.5) is 0 Å². The van der Waals surface area contributed by atoms with Crippen LogP contribution in [0.2, 0.25) is 0 Å². The number of aromatic nitrogens is 2. The molecule has 0 saturated heterocycles. The van der Waals surface area contributed by atoms with Gasteiger partial charge >= 0.3 is 0 Å². The van der Waals surface area contributed by atoms with Gasteiger partial charge in [0, 0.05) is 13.0 Å². The predicted molar refractivity (Wildman–Crippen MR) is 134 cm³/mol. The summed E-state index contributed by atoms with van der Waals surface area (Å²) in [5, 5.41) is 0.588. The van der Waals surface area contributed by atoms with Gasteiger partial charge in [0.15, 0.2) is 0 Å². The van der Waals surface area contributed by atoms with E-state index >= 15 is 0 Å². The lowest BCUT2D eigenvalue weighted by atomic mass is 10.0. The highest BCUT2D eigenvalue weighted by Gasteiger charge is 2.27. The van der Waals surface area contributed by atoms with Crippen LogP contribution in [-0.2, 0) is 4.79 Å². The smallest absolute Gasteiger partial charge is 0.266 e. The van der Waals surface area contributed by atoms with Gasteiger partial charge in [-0.2, -0.15) is 0 Å². The second kappa shape index (κ2) is 9.90. The molecule has 1 atom stereocenters. The zero-order chi connectivity index (χ0) is 23.5. The Kier molecular flexibility index (Phi) is 6.96. The van der Waals surface area contributed by atoms with Gasteiger partial charge in [-0.15, -0.1) is 0 Å². The van der Waals surface area contributed by atoms with Crippen molar-refractivity contribution < 1.29 is 4.79 Å². The van der Waals surface area contributed by atoms with Crippen molar-refractivity contribution in [2.75, 3.05) is 6.54 Å². The number of carbonyl (C=O) groups excluding carboxylic acids is 1. The maximum Gasteiger partial charge on any atom is 0.266 e. The summed E-state index contributed by atoms with van der Waals surface area (Å²) in [5.41, 5.74) is 3.48. The Morgan fingerprint density at radius 1 is 1.15 bits per heavy atom. The summed E-state index contributed by atoms with van der Waals surface area (Å²) in [6, 6.07) is 13.3. The molecule has 1 aliphatic rings. The third-order valence-corrected chi connectivity index (χ3v) is 7.15. The molecule has 5 heteroatoms. The van der Waals surface area contributed by atoms with Crippen molar-refractivity contribution in [3.63, 3.8) is 0 Å². The number of benzene rings is 2. The molecule has 174 valence electrons. The van der Waals surface area contributed by atoms with E-state index in [2.05, 4.69) is 0 Å². The Morgan fingerprint density at radius 3 is 2.61 bits per heavy atom. The quantitative estimate of drug-likeness (QED) is 0.456. The molecule has 1 unspecified atom stereocenters. The maximum atomic E-state index is 13.7. The van der Waals surface area contributed by atoms with Crippen molar-refractivity contribution in [1.82, 2.24) is 14.5 Å². The fourth-order valence-corrected chi connectivity index (χ4v) is 5.20. The van der Waals surface area contributed by atoms with Gasteiger partial charge in [-0.3, -0.25) is 14.2 Å². The lowest BCUT2D eigenvalue weighted by molar-refractivity contribution is -0.133. The first-order valence-electron chi connectivity index (χ1n) is 12.3. The number of hydrogen-bond acceptors (Lipinski definition) is 3. The number of fused-ring (bicyclic) bond motifs is 1. The van der Waals surface area contributed by atoms with Crippen molar-refractivity contribution in [1.29, 1.82) is 0 Å². The molecular weight excluding hydrogens is 410 g/mol. The van der Waals surface area contributed by atoms with Gasteiger partial charge in [0.1, 0.15) is 5.82 Å². The highest BCUT2D eigenvalue weighted by Crippen LogP contribution is 2.30. The summed E-state index contributed by atoms with van der Waals surface area (Å²) in [7, 11) is 0. The minimum absolute atomic E-state index is 0.0920. The van der Waals surface area contributed by atoms with Gasteiger partial charge in [0.25, 0.3) is 5.56 Å². The Morgan fingerprint density at radius 2 is 1.88 bits per heavy atom. The van der Waals surface area contributed by atoms with E-state index in [9.17, 15) is 9.59 Å². The van der Waals surface area contributed by atoms with Gasteiger partial charge in [-0.25, -0.2) is 4.98 Å². The third-order valence-electron chi connectivity index (χ3n) is 7.15. The number of carbonyl (C=O) groups is 1. The minimum Gasteiger partial charge on any atom is -0.333 e. The Bertz CT molecular complexity index is 1210. The van der Waals surface area contributed by atoms with Crippen LogP contribution in [0.1, 0.15) is 75.4 Å². The first-order valence-corrected chi connectivity index (χ1v) is 12.3. The number of hydrogen-bond donors (Lipinski definition) is 0. The van der Waals surface area contributed by atoms with Crippen LogP contribution >= 0.6 is 0 Å². The van der Waals surface area contributed by atoms with Crippen molar-refractivity contribution in [3.8, 4) is 5.69 Å². The van der Waals surface area contributed by atoms with E-state index < -0.39 is 0 Å². The molecule has 0 bridgehead atoms. The Labute approximate surface area is 196 Å². The van der Waals surface area contributed by atoms with Crippen LogP contribution in [-0.4, -0.2) is 26.9 Å². The number of amides is 1. The van der Waals surface area contributed by atoms with E-state index in [0.29, 0.717) is 35.6 Å². The maximum absolute atomic E-state index is 13.7. The predicted octanol–water partition coefficient (Wildman–Crippen LogP) is 5.88. The molecule has 0 spiro atoms. The van der Waals surface area contributed by atoms with Crippen LogP contribution in [0, 0.1) is 19.8 Å². The van der Waals surface area contributed by atoms with Gasteiger partial charge in [-0.05, 0) is 69.4 Å². The number of rotatable bonds is 7. The average Bonchev–Trinajstić information content (AvgIpc) is 3.33. The van der Waals surface area contributed by atoms with E-state index in [4.69, 9.17) is 4.98 Å². The lowest BCUT2D eigenvalue weighted by Crippen LogP contribution is -2.37. The molecule has 0 N–H and O–H groups in total. The second-order valence-corrected chi connectivity index (χ2v) is 9.46. The summed E-state index contributed by atoms with van der Waals surface area (Å²) in [5.74, 6) is 1.44. The van der Waals surface area contributed by atoms with Crippen LogP contribution in [0.25, 0.3) is 16.6 Å². The highest BCUT2D eigenvalue weighted by atomic mass is 16.2. The average molecular weight is 446 g/mol. The van der Waals surface area contributed by atoms with E-state index in [1.54, 1.807) is 4.57 Å². The van der Waals surface area contributed by atoms with Crippen molar-refractivity contribution in [3.05, 3.63) is 69.8 Å². The number of nitrogens with zero attached hydrogens (tertiary/aromatic N) is 3. The molecule has 1 aliphatic carbocycles. The molecule has 4 rings (SSSR count). The van der Waals surface area contributed by atoms with Crippen LogP contribution in [0.5, 0.6) is 0 Å². The zero-order valence-electron chi connectivity index (χ0n) is 20.3. The molecule has 33 heavy (non-hydrogen) atoms. The summed E-state index contributed by atoms with van der Waals surface area (Å²) < 4.78 is 1.72. The Balaban J connectivity index is 1.78. The summed E-state index contributed by atoms with van der Waals surface area (Å²) in [6.45, 7) is 8.62.